The van der Waals surface area contributed by atoms with Gasteiger partial charge in [0.05, 0.1) is 18.2 Å². The first-order chi connectivity index (χ1) is 11.9. The highest BCUT2D eigenvalue weighted by Crippen LogP contribution is 2.39. The van der Waals surface area contributed by atoms with Gasteiger partial charge in [0.1, 0.15) is 5.56 Å². The van der Waals surface area contributed by atoms with Gasteiger partial charge in [0, 0.05) is 32.2 Å². The minimum absolute atomic E-state index is 0.0917. The minimum Gasteiger partial charge on any atom is -0.465 e. The number of esters is 1. The van der Waals surface area contributed by atoms with E-state index < -0.39 is 23.3 Å². The molecule has 25 heavy (non-hydrogen) atoms. The highest BCUT2D eigenvalue weighted by atomic mass is 16.7. The van der Waals surface area contributed by atoms with Crippen molar-refractivity contribution in [2.45, 2.75) is 12.7 Å². The Morgan fingerprint density at radius 1 is 1.12 bits per heavy atom. The number of aromatic nitrogens is 1. The molecule has 0 spiro atoms. The molecule has 3 rings (SSSR count). The summed E-state index contributed by atoms with van der Waals surface area (Å²) in [5.41, 5.74) is -0.126. The minimum atomic E-state index is -1.49. The maximum atomic E-state index is 12.9. The Bertz CT molecular complexity index is 892. The number of carbonyl (C=O) groups is 3. The standard InChI is InChI=1S/C17H15NO7/c1-17(23-3,24-4)15-11(16(21)22-2)10-12(19)9-7-18-6-5-8(9)13(20)14(10)25-15/h5-7H,1-4H3. The summed E-state index contributed by atoms with van der Waals surface area (Å²) in [6.07, 6.45) is 2.67. The van der Waals surface area contributed by atoms with Gasteiger partial charge in [-0.05, 0) is 13.0 Å². The molecule has 0 saturated heterocycles. The van der Waals surface area contributed by atoms with Crippen LogP contribution in [0.1, 0.15) is 55.1 Å². The van der Waals surface area contributed by atoms with Gasteiger partial charge in [-0.3, -0.25) is 14.6 Å². The van der Waals surface area contributed by atoms with Crippen LogP contribution in [0.4, 0.5) is 0 Å². The lowest BCUT2D eigenvalue weighted by Crippen LogP contribution is -2.29. The summed E-state index contributed by atoms with van der Waals surface area (Å²) in [7, 11) is 3.84. The Morgan fingerprint density at radius 2 is 1.80 bits per heavy atom. The largest absolute Gasteiger partial charge is 0.465 e. The van der Waals surface area contributed by atoms with Crippen molar-refractivity contribution in [3.05, 3.63) is 52.2 Å². The molecule has 0 amide bonds. The average molecular weight is 345 g/mol. The topological polar surface area (TPSA) is 105 Å². The number of fused-ring (bicyclic) bond motifs is 2. The molecule has 8 heteroatoms. The second-order valence-electron chi connectivity index (χ2n) is 5.44. The van der Waals surface area contributed by atoms with Gasteiger partial charge < -0.3 is 18.6 Å². The van der Waals surface area contributed by atoms with Gasteiger partial charge in [-0.25, -0.2) is 4.79 Å². The number of hydrogen-bond acceptors (Lipinski definition) is 8. The Labute approximate surface area is 142 Å². The number of pyridine rings is 1. The molecule has 2 heterocycles. The van der Waals surface area contributed by atoms with E-state index in [1.54, 1.807) is 0 Å². The summed E-state index contributed by atoms with van der Waals surface area (Å²) >= 11 is 0. The summed E-state index contributed by atoms with van der Waals surface area (Å²) in [5, 5.41) is 0. The predicted octanol–water partition coefficient (Wildman–Crippen LogP) is 1.70. The average Bonchev–Trinajstić information content (AvgIpc) is 3.06. The van der Waals surface area contributed by atoms with Crippen molar-refractivity contribution in [2.75, 3.05) is 21.3 Å². The number of furan rings is 1. The molecule has 0 saturated carbocycles. The normalized spacial score (nSPS) is 13.4. The molecule has 0 aromatic carbocycles. The summed E-state index contributed by atoms with van der Waals surface area (Å²) in [5.74, 6) is -3.78. The maximum absolute atomic E-state index is 12.9. The van der Waals surface area contributed by atoms with Crippen LogP contribution in [0.5, 0.6) is 0 Å². The molecule has 1 aliphatic rings. The zero-order chi connectivity index (χ0) is 18.4. The first-order valence-corrected chi connectivity index (χ1v) is 7.28. The first kappa shape index (κ1) is 17.0. The molecule has 0 radical (unpaired) electrons. The van der Waals surface area contributed by atoms with E-state index in [4.69, 9.17) is 18.6 Å². The molecule has 0 aliphatic heterocycles. The van der Waals surface area contributed by atoms with Crippen LogP contribution >= 0.6 is 0 Å². The molecular weight excluding hydrogens is 330 g/mol. The highest BCUT2D eigenvalue weighted by molar-refractivity contribution is 6.29. The van der Waals surface area contributed by atoms with Crippen LogP contribution in [0.15, 0.2) is 22.9 Å². The molecular formula is C17H15NO7. The van der Waals surface area contributed by atoms with Crippen LogP contribution in [0.3, 0.4) is 0 Å². The Balaban J connectivity index is 2.35. The molecule has 2 aromatic heterocycles. The van der Waals surface area contributed by atoms with Gasteiger partial charge in [-0.1, -0.05) is 0 Å². The third-order valence-corrected chi connectivity index (χ3v) is 4.23. The van der Waals surface area contributed by atoms with E-state index >= 15 is 0 Å². The molecule has 0 bridgehead atoms. The van der Waals surface area contributed by atoms with E-state index in [0.29, 0.717) is 0 Å². The fraction of sp³-hybridized carbons (Fsp3) is 0.294. The summed E-state index contributed by atoms with van der Waals surface area (Å²) < 4.78 is 20.9. The van der Waals surface area contributed by atoms with Crippen molar-refractivity contribution in [1.29, 1.82) is 0 Å². The van der Waals surface area contributed by atoms with Gasteiger partial charge in [0.2, 0.25) is 11.6 Å². The zero-order valence-electron chi connectivity index (χ0n) is 14.0. The Morgan fingerprint density at radius 3 is 2.40 bits per heavy atom. The molecule has 1 aliphatic carbocycles. The van der Waals surface area contributed by atoms with Gasteiger partial charge in [0.15, 0.2) is 17.3 Å². The SMILES string of the molecule is COC(=O)c1c(C(C)(OC)OC)oc2c1C(=O)c1cnccc1C2=O. The highest BCUT2D eigenvalue weighted by Gasteiger charge is 2.45. The lowest BCUT2D eigenvalue weighted by molar-refractivity contribution is -0.213. The second-order valence-corrected chi connectivity index (χ2v) is 5.44. The molecule has 0 atom stereocenters. The number of nitrogens with zero attached hydrogens (tertiary/aromatic N) is 1. The van der Waals surface area contributed by atoms with Gasteiger partial charge in [-0.2, -0.15) is 0 Å². The first-order valence-electron chi connectivity index (χ1n) is 7.28. The van der Waals surface area contributed by atoms with Crippen LogP contribution in [0.2, 0.25) is 0 Å². The Hall–Kier alpha value is -2.84. The third kappa shape index (κ3) is 2.30. The number of rotatable bonds is 4. The molecule has 130 valence electrons. The number of carbonyl (C=O) groups excluding carboxylic acids is 3. The van der Waals surface area contributed by atoms with Gasteiger partial charge in [-0.15, -0.1) is 0 Å². The van der Waals surface area contributed by atoms with Crippen molar-refractivity contribution < 1.29 is 33.0 Å². The van der Waals surface area contributed by atoms with Gasteiger partial charge >= 0.3 is 5.97 Å². The predicted molar refractivity (Wildman–Crippen MR) is 82.5 cm³/mol. The smallest absolute Gasteiger partial charge is 0.342 e. The van der Waals surface area contributed by atoms with E-state index in [-0.39, 0.29) is 33.8 Å². The molecule has 0 N–H and O–H groups in total. The summed E-state index contributed by atoms with van der Waals surface area (Å²) in [4.78, 5) is 41.8. The van der Waals surface area contributed by atoms with Crippen LogP contribution in [0, 0.1) is 0 Å². The van der Waals surface area contributed by atoms with E-state index in [1.165, 1.54) is 39.6 Å². The van der Waals surface area contributed by atoms with Crippen molar-refractivity contribution in [1.82, 2.24) is 4.98 Å². The van der Waals surface area contributed by atoms with Crippen molar-refractivity contribution in [3.63, 3.8) is 0 Å². The number of hydrogen-bond donors (Lipinski definition) is 0. The number of methoxy groups -OCH3 is 3. The number of ether oxygens (including phenoxy) is 3. The quantitative estimate of drug-likeness (QED) is 0.520. The van der Waals surface area contributed by atoms with Crippen LogP contribution < -0.4 is 0 Å². The zero-order valence-corrected chi connectivity index (χ0v) is 14.0. The van der Waals surface area contributed by atoms with Gasteiger partial charge in [0.25, 0.3) is 0 Å². The second kappa shape index (κ2) is 5.91. The van der Waals surface area contributed by atoms with Crippen molar-refractivity contribution >= 4 is 17.5 Å². The van der Waals surface area contributed by atoms with Crippen molar-refractivity contribution in [2.24, 2.45) is 0 Å². The van der Waals surface area contributed by atoms with Crippen LogP contribution in [-0.4, -0.2) is 43.8 Å². The monoisotopic (exact) mass is 345 g/mol. The third-order valence-electron chi connectivity index (χ3n) is 4.23. The molecule has 2 aromatic rings. The molecule has 8 nitrogen and oxygen atoms in total. The van der Waals surface area contributed by atoms with E-state index in [2.05, 4.69) is 4.98 Å². The summed E-state index contributed by atoms with van der Waals surface area (Å²) in [6.45, 7) is 1.49. The van der Waals surface area contributed by atoms with E-state index in [1.807, 2.05) is 0 Å². The maximum Gasteiger partial charge on any atom is 0.342 e. The fourth-order valence-electron chi connectivity index (χ4n) is 2.72. The number of ketones is 2. The van der Waals surface area contributed by atoms with Crippen molar-refractivity contribution in [3.8, 4) is 0 Å². The lowest BCUT2D eigenvalue weighted by Gasteiger charge is -2.24. The van der Waals surface area contributed by atoms with E-state index in [0.717, 1.165) is 7.11 Å². The fourth-order valence-corrected chi connectivity index (χ4v) is 2.72. The van der Waals surface area contributed by atoms with E-state index in [9.17, 15) is 14.4 Å². The Kier molecular flexibility index (Phi) is 4.02. The van der Waals surface area contributed by atoms with Crippen LogP contribution in [0.25, 0.3) is 0 Å². The molecule has 0 fully saturated rings. The molecule has 0 unspecified atom stereocenters. The van der Waals surface area contributed by atoms with Crippen LogP contribution in [-0.2, 0) is 20.0 Å². The lowest BCUT2D eigenvalue weighted by atomic mass is 9.87. The summed E-state index contributed by atoms with van der Waals surface area (Å²) in [6, 6.07) is 1.42.